The topological polar surface area (TPSA) is 38.9 Å². The molecule has 2 nitrogen and oxygen atoms in total. The van der Waals surface area contributed by atoms with Crippen LogP contribution in [0.5, 0.6) is 0 Å². The van der Waals surface area contributed by atoms with E-state index in [9.17, 15) is 0 Å². The van der Waals surface area contributed by atoms with Gasteiger partial charge in [-0.2, -0.15) is 0 Å². The lowest BCUT2D eigenvalue weighted by molar-refractivity contribution is 0.175. The fraction of sp³-hybridized carbons (Fsp3) is 0.800. The molecule has 0 aromatic carbocycles. The molecule has 3 atom stereocenters. The van der Waals surface area contributed by atoms with Crippen molar-refractivity contribution in [2.75, 3.05) is 6.54 Å². The van der Waals surface area contributed by atoms with Crippen LogP contribution in [0.2, 0.25) is 0 Å². The highest BCUT2D eigenvalue weighted by molar-refractivity contribution is 7.09. The lowest BCUT2D eigenvalue weighted by Crippen LogP contribution is -2.31. The van der Waals surface area contributed by atoms with Crippen LogP contribution in [0.25, 0.3) is 0 Å². The van der Waals surface area contributed by atoms with Crippen molar-refractivity contribution < 1.29 is 0 Å². The predicted octanol–water partition coefficient (Wildman–Crippen LogP) is 3.79. The van der Waals surface area contributed by atoms with E-state index < -0.39 is 0 Å². The number of rotatable bonds is 5. The smallest absolute Gasteiger partial charge is 0.0930 e. The lowest BCUT2D eigenvalue weighted by Gasteiger charge is -2.35. The molecule has 18 heavy (non-hydrogen) atoms. The minimum Gasteiger partial charge on any atom is -0.330 e. The molecule has 0 radical (unpaired) electrons. The summed E-state index contributed by atoms with van der Waals surface area (Å²) in [6.45, 7) is 5.24. The minimum atomic E-state index is 0.724. The molecule has 1 saturated carbocycles. The molecule has 0 amide bonds. The molecule has 3 heteroatoms. The van der Waals surface area contributed by atoms with E-state index in [1.54, 1.807) is 0 Å². The molecule has 1 heterocycles. The number of nitrogens with zero attached hydrogens (tertiary/aromatic N) is 1. The minimum absolute atomic E-state index is 0.724. The number of hydrogen-bond acceptors (Lipinski definition) is 3. The maximum Gasteiger partial charge on any atom is 0.0930 e. The van der Waals surface area contributed by atoms with Gasteiger partial charge in [0.05, 0.1) is 5.01 Å². The van der Waals surface area contributed by atoms with E-state index in [4.69, 9.17) is 5.73 Å². The van der Waals surface area contributed by atoms with E-state index in [-0.39, 0.29) is 0 Å². The maximum atomic E-state index is 5.95. The zero-order valence-corrected chi connectivity index (χ0v) is 12.5. The van der Waals surface area contributed by atoms with Crippen molar-refractivity contribution in [3.63, 3.8) is 0 Å². The lowest BCUT2D eigenvalue weighted by atomic mass is 9.71. The van der Waals surface area contributed by atoms with Crippen molar-refractivity contribution in [2.45, 2.75) is 52.4 Å². The molecule has 1 fully saturated rings. The Kier molecular flexibility index (Phi) is 5.19. The Hall–Kier alpha value is -0.410. The molecule has 1 aromatic rings. The van der Waals surface area contributed by atoms with Crippen LogP contribution in [-0.2, 0) is 6.42 Å². The number of hydrogen-bond donors (Lipinski definition) is 1. The van der Waals surface area contributed by atoms with E-state index in [2.05, 4.69) is 24.2 Å². The molecule has 0 bridgehead atoms. The molecule has 2 rings (SSSR count). The van der Waals surface area contributed by atoms with E-state index >= 15 is 0 Å². The van der Waals surface area contributed by atoms with Crippen LogP contribution in [0, 0.1) is 24.7 Å². The summed E-state index contributed by atoms with van der Waals surface area (Å²) in [5.41, 5.74) is 7.12. The van der Waals surface area contributed by atoms with Crippen LogP contribution >= 0.6 is 11.3 Å². The summed E-state index contributed by atoms with van der Waals surface area (Å²) in [6.07, 6.45) is 7.96. The average molecular weight is 266 g/mol. The molecule has 1 aromatic heterocycles. The van der Waals surface area contributed by atoms with Crippen molar-refractivity contribution in [3.05, 3.63) is 16.1 Å². The average Bonchev–Trinajstić information content (AvgIpc) is 2.76. The molecule has 1 aliphatic carbocycles. The Balaban J connectivity index is 1.97. The third-order valence-electron chi connectivity index (χ3n) is 4.35. The monoisotopic (exact) mass is 266 g/mol. The van der Waals surface area contributed by atoms with Gasteiger partial charge in [0.25, 0.3) is 0 Å². The van der Waals surface area contributed by atoms with Gasteiger partial charge in [-0.15, -0.1) is 11.3 Å². The summed E-state index contributed by atoms with van der Waals surface area (Å²) in [7, 11) is 0. The van der Waals surface area contributed by atoms with Gasteiger partial charge in [-0.3, -0.25) is 0 Å². The first-order valence-corrected chi connectivity index (χ1v) is 8.22. The van der Waals surface area contributed by atoms with Gasteiger partial charge in [0.1, 0.15) is 0 Å². The summed E-state index contributed by atoms with van der Waals surface area (Å²) in [4.78, 5) is 4.62. The molecular weight excluding hydrogens is 240 g/mol. The largest absolute Gasteiger partial charge is 0.330 e. The van der Waals surface area contributed by atoms with E-state index in [1.807, 2.05) is 11.3 Å². The fourth-order valence-electron chi connectivity index (χ4n) is 3.38. The van der Waals surface area contributed by atoms with E-state index in [0.717, 1.165) is 30.7 Å². The summed E-state index contributed by atoms with van der Waals surface area (Å²) in [5, 5.41) is 3.48. The predicted molar refractivity (Wildman–Crippen MR) is 78.8 cm³/mol. The highest BCUT2D eigenvalue weighted by Gasteiger charge is 2.29. The summed E-state index contributed by atoms with van der Waals surface area (Å²) in [6, 6.07) is 0. The Morgan fingerprint density at radius 3 is 2.83 bits per heavy atom. The highest BCUT2D eigenvalue weighted by atomic mass is 32.1. The Labute approximate surface area is 115 Å². The number of aryl methyl sites for hydroxylation is 1. The number of aromatic nitrogens is 1. The number of thiazole rings is 1. The van der Waals surface area contributed by atoms with Crippen LogP contribution in [-0.4, -0.2) is 11.5 Å². The Morgan fingerprint density at radius 2 is 2.22 bits per heavy atom. The van der Waals surface area contributed by atoms with Gasteiger partial charge in [-0.25, -0.2) is 4.98 Å². The standard InChI is InChI=1S/C15H26N2S/c1-3-4-12-5-6-13(9-16)14(7-12)8-15-17-11(2)10-18-15/h10,12-14H,3-9,16H2,1-2H3. The quantitative estimate of drug-likeness (QED) is 0.880. The first kappa shape index (κ1) is 14.0. The van der Waals surface area contributed by atoms with Crippen LogP contribution in [0.15, 0.2) is 5.38 Å². The number of nitrogens with two attached hydrogens (primary N) is 1. The van der Waals surface area contributed by atoms with Crippen molar-refractivity contribution in [2.24, 2.45) is 23.5 Å². The van der Waals surface area contributed by atoms with Crippen molar-refractivity contribution in [1.29, 1.82) is 0 Å². The Morgan fingerprint density at radius 1 is 1.39 bits per heavy atom. The third kappa shape index (κ3) is 3.55. The molecule has 1 aliphatic rings. The van der Waals surface area contributed by atoms with Gasteiger partial charge in [0, 0.05) is 17.5 Å². The molecule has 0 aliphatic heterocycles. The highest BCUT2D eigenvalue weighted by Crippen LogP contribution is 2.37. The van der Waals surface area contributed by atoms with Gasteiger partial charge < -0.3 is 5.73 Å². The van der Waals surface area contributed by atoms with Gasteiger partial charge in [-0.1, -0.05) is 26.2 Å². The van der Waals surface area contributed by atoms with Gasteiger partial charge in [0.2, 0.25) is 0 Å². The zero-order chi connectivity index (χ0) is 13.0. The van der Waals surface area contributed by atoms with Gasteiger partial charge in [0.15, 0.2) is 0 Å². The molecule has 3 unspecified atom stereocenters. The van der Waals surface area contributed by atoms with Gasteiger partial charge in [-0.05, 0) is 44.1 Å². The zero-order valence-electron chi connectivity index (χ0n) is 11.7. The fourth-order valence-corrected chi connectivity index (χ4v) is 4.24. The summed E-state index contributed by atoms with van der Waals surface area (Å²) in [5.74, 6) is 2.43. The second kappa shape index (κ2) is 6.67. The first-order valence-electron chi connectivity index (χ1n) is 7.34. The van der Waals surface area contributed by atoms with Crippen molar-refractivity contribution in [1.82, 2.24) is 4.98 Å². The van der Waals surface area contributed by atoms with Crippen LogP contribution in [0.4, 0.5) is 0 Å². The van der Waals surface area contributed by atoms with Crippen molar-refractivity contribution >= 4 is 11.3 Å². The molecule has 102 valence electrons. The maximum absolute atomic E-state index is 5.95. The van der Waals surface area contributed by atoms with Crippen molar-refractivity contribution in [3.8, 4) is 0 Å². The molecule has 0 saturated heterocycles. The summed E-state index contributed by atoms with van der Waals surface area (Å²) < 4.78 is 0. The summed E-state index contributed by atoms with van der Waals surface area (Å²) >= 11 is 1.82. The van der Waals surface area contributed by atoms with Crippen LogP contribution in [0.1, 0.15) is 49.7 Å². The van der Waals surface area contributed by atoms with Gasteiger partial charge >= 0.3 is 0 Å². The SMILES string of the molecule is CCCC1CCC(CN)C(Cc2nc(C)cs2)C1. The Bertz CT molecular complexity index is 361. The van der Waals surface area contributed by atoms with Crippen LogP contribution in [0.3, 0.4) is 0 Å². The normalized spacial score (nSPS) is 28.5. The second-order valence-electron chi connectivity index (χ2n) is 5.81. The molecule has 0 spiro atoms. The first-order chi connectivity index (χ1) is 8.72. The molecule has 2 N–H and O–H groups in total. The third-order valence-corrected chi connectivity index (χ3v) is 5.34. The van der Waals surface area contributed by atoms with Crippen LogP contribution < -0.4 is 5.73 Å². The van der Waals surface area contributed by atoms with E-state index in [1.165, 1.54) is 42.8 Å². The second-order valence-corrected chi connectivity index (χ2v) is 6.75. The van der Waals surface area contributed by atoms with E-state index in [0.29, 0.717) is 0 Å². The molecular formula is C15H26N2S.